The molecular weight excluding hydrogens is 128 g/mol. The Balaban J connectivity index is 2.85. The van der Waals surface area contributed by atoms with Gasteiger partial charge in [-0.25, -0.2) is 9.97 Å². The first kappa shape index (κ1) is 6.86. The van der Waals surface area contributed by atoms with E-state index in [4.69, 9.17) is 0 Å². The second-order valence-corrected chi connectivity index (χ2v) is 1.85. The maximum atomic E-state index is 10.9. The first-order chi connectivity index (χ1) is 4.84. The number of Topliss-reactive ketones (excluding diaryl/α,β-unsaturated/α-hetero) is 1. The Morgan fingerprint density at radius 3 is 2.60 bits per heavy atom. The SMILES string of the molecule is CCC(=O)c1ncccn1. The van der Waals surface area contributed by atoms with Crippen LogP contribution in [-0.2, 0) is 0 Å². The Morgan fingerprint density at radius 1 is 1.50 bits per heavy atom. The number of ketones is 1. The van der Waals surface area contributed by atoms with Crippen molar-refractivity contribution >= 4 is 5.78 Å². The molecule has 0 fully saturated rings. The number of rotatable bonds is 2. The number of hydrogen-bond donors (Lipinski definition) is 0. The van der Waals surface area contributed by atoms with Crippen molar-refractivity contribution in [1.29, 1.82) is 0 Å². The summed E-state index contributed by atoms with van der Waals surface area (Å²) < 4.78 is 0. The Labute approximate surface area is 59.1 Å². The molecule has 0 aliphatic carbocycles. The third-order valence-corrected chi connectivity index (χ3v) is 1.14. The fraction of sp³-hybridized carbons (Fsp3) is 0.286. The van der Waals surface area contributed by atoms with Crippen molar-refractivity contribution in [1.82, 2.24) is 9.97 Å². The van der Waals surface area contributed by atoms with Crippen LogP contribution in [0.5, 0.6) is 0 Å². The van der Waals surface area contributed by atoms with Crippen LogP contribution < -0.4 is 0 Å². The molecule has 3 heteroatoms. The smallest absolute Gasteiger partial charge is 0.199 e. The van der Waals surface area contributed by atoms with Gasteiger partial charge in [-0.3, -0.25) is 4.79 Å². The van der Waals surface area contributed by atoms with E-state index < -0.39 is 0 Å². The summed E-state index contributed by atoms with van der Waals surface area (Å²) in [5.74, 6) is 0.297. The quantitative estimate of drug-likeness (QED) is 0.571. The summed E-state index contributed by atoms with van der Waals surface area (Å²) in [6.07, 6.45) is 3.59. The first-order valence-corrected chi connectivity index (χ1v) is 3.15. The van der Waals surface area contributed by atoms with E-state index in [0.717, 1.165) is 0 Å². The first-order valence-electron chi connectivity index (χ1n) is 3.15. The average molecular weight is 136 g/mol. The second kappa shape index (κ2) is 3.06. The summed E-state index contributed by atoms with van der Waals surface area (Å²) in [6, 6.07) is 1.69. The van der Waals surface area contributed by atoms with Crippen molar-refractivity contribution in [3.05, 3.63) is 24.3 Å². The number of carbonyl (C=O) groups excluding carboxylic acids is 1. The van der Waals surface area contributed by atoms with Crippen LogP contribution in [0.3, 0.4) is 0 Å². The molecule has 0 saturated heterocycles. The van der Waals surface area contributed by atoms with Crippen LogP contribution in [0, 0.1) is 0 Å². The van der Waals surface area contributed by atoms with Crippen LogP contribution in [0.4, 0.5) is 0 Å². The molecule has 0 aliphatic heterocycles. The fourth-order valence-electron chi connectivity index (χ4n) is 0.601. The van der Waals surface area contributed by atoms with Gasteiger partial charge in [0.1, 0.15) is 0 Å². The number of nitrogens with zero attached hydrogens (tertiary/aromatic N) is 2. The highest BCUT2D eigenvalue weighted by atomic mass is 16.1. The lowest BCUT2D eigenvalue weighted by Crippen LogP contribution is -2.01. The van der Waals surface area contributed by atoms with Crippen LogP contribution >= 0.6 is 0 Å². The van der Waals surface area contributed by atoms with Crippen molar-refractivity contribution in [3.63, 3.8) is 0 Å². The second-order valence-electron chi connectivity index (χ2n) is 1.85. The molecular formula is C7H8N2O. The highest BCUT2D eigenvalue weighted by Crippen LogP contribution is 1.92. The van der Waals surface area contributed by atoms with Gasteiger partial charge in [0.25, 0.3) is 0 Å². The van der Waals surface area contributed by atoms with E-state index >= 15 is 0 Å². The molecule has 1 aromatic rings. The molecule has 0 amide bonds. The third-order valence-electron chi connectivity index (χ3n) is 1.14. The number of hydrogen-bond acceptors (Lipinski definition) is 3. The van der Waals surface area contributed by atoms with E-state index in [1.807, 2.05) is 0 Å². The zero-order valence-corrected chi connectivity index (χ0v) is 5.74. The van der Waals surface area contributed by atoms with Gasteiger partial charge in [-0.15, -0.1) is 0 Å². The van der Waals surface area contributed by atoms with Gasteiger partial charge in [0.15, 0.2) is 11.6 Å². The minimum atomic E-state index is -0.0133. The highest BCUT2D eigenvalue weighted by Gasteiger charge is 2.02. The van der Waals surface area contributed by atoms with Crippen molar-refractivity contribution in [2.75, 3.05) is 0 Å². The number of carbonyl (C=O) groups is 1. The molecule has 52 valence electrons. The average Bonchev–Trinajstić information content (AvgIpc) is 2.05. The molecule has 0 aromatic carbocycles. The van der Waals surface area contributed by atoms with Crippen LogP contribution in [0.2, 0.25) is 0 Å². The molecule has 1 aromatic heterocycles. The molecule has 0 bridgehead atoms. The fourth-order valence-corrected chi connectivity index (χ4v) is 0.601. The summed E-state index contributed by atoms with van der Waals surface area (Å²) >= 11 is 0. The van der Waals surface area contributed by atoms with Crippen molar-refractivity contribution in [3.8, 4) is 0 Å². The largest absolute Gasteiger partial charge is 0.291 e. The zero-order chi connectivity index (χ0) is 7.40. The third kappa shape index (κ3) is 1.37. The predicted octanol–water partition coefficient (Wildman–Crippen LogP) is 1.07. The highest BCUT2D eigenvalue weighted by molar-refractivity contribution is 5.91. The predicted molar refractivity (Wildman–Crippen MR) is 36.7 cm³/mol. The van der Waals surface area contributed by atoms with Gasteiger partial charge in [0.05, 0.1) is 0 Å². The summed E-state index contributed by atoms with van der Waals surface area (Å²) in [5.41, 5.74) is 0. The zero-order valence-electron chi connectivity index (χ0n) is 5.74. The number of aromatic nitrogens is 2. The lowest BCUT2D eigenvalue weighted by molar-refractivity contribution is 0.0978. The molecule has 0 saturated carbocycles. The molecule has 0 N–H and O–H groups in total. The van der Waals surface area contributed by atoms with E-state index in [1.165, 1.54) is 0 Å². The van der Waals surface area contributed by atoms with Crippen molar-refractivity contribution in [2.45, 2.75) is 13.3 Å². The van der Waals surface area contributed by atoms with E-state index in [0.29, 0.717) is 12.2 Å². The topological polar surface area (TPSA) is 42.9 Å². The summed E-state index contributed by atoms with van der Waals surface area (Å²) in [5, 5.41) is 0. The van der Waals surface area contributed by atoms with E-state index in [1.54, 1.807) is 25.4 Å². The van der Waals surface area contributed by atoms with Crippen LogP contribution in [0.1, 0.15) is 24.0 Å². The molecule has 0 aliphatic rings. The van der Waals surface area contributed by atoms with E-state index in [9.17, 15) is 4.79 Å². The molecule has 0 spiro atoms. The van der Waals surface area contributed by atoms with Crippen LogP contribution in [0.25, 0.3) is 0 Å². The molecule has 0 unspecified atom stereocenters. The maximum Gasteiger partial charge on any atom is 0.199 e. The van der Waals surface area contributed by atoms with Crippen LogP contribution in [0.15, 0.2) is 18.5 Å². The summed E-state index contributed by atoms with van der Waals surface area (Å²) in [7, 11) is 0. The Bertz CT molecular complexity index is 220. The lowest BCUT2D eigenvalue weighted by Gasteiger charge is -1.91. The van der Waals surface area contributed by atoms with E-state index in [-0.39, 0.29) is 5.78 Å². The molecule has 10 heavy (non-hydrogen) atoms. The minimum Gasteiger partial charge on any atom is -0.291 e. The van der Waals surface area contributed by atoms with Gasteiger partial charge in [0, 0.05) is 18.8 Å². The van der Waals surface area contributed by atoms with Gasteiger partial charge in [0.2, 0.25) is 0 Å². The molecule has 0 atom stereocenters. The maximum absolute atomic E-state index is 10.9. The minimum absolute atomic E-state index is 0.0133. The Hall–Kier alpha value is -1.25. The Morgan fingerprint density at radius 2 is 2.10 bits per heavy atom. The summed E-state index contributed by atoms with van der Waals surface area (Å²) in [4.78, 5) is 18.5. The van der Waals surface area contributed by atoms with E-state index in [2.05, 4.69) is 9.97 Å². The molecule has 3 nitrogen and oxygen atoms in total. The Kier molecular flexibility index (Phi) is 2.10. The van der Waals surface area contributed by atoms with Crippen LogP contribution in [-0.4, -0.2) is 15.8 Å². The van der Waals surface area contributed by atoms with Crippen molar-refractivity contribution < 1.29 is 4.79 Å². The normalized spacial score (nSPS) is 9.30. The van der Waals surface area contributed by atoms with Gasteiger partial charge in [-0.1, -0.05) is 6.92 Å². The van der Waals surface area contributed by atoms with Gasteiger partial charge >= 0.3 is 0 Å². The molecule has 1 rings (SSSR count). The molecule has 1 heterocycles. The monoisotopic (exact) mass is 136 g/mol. The standard InChI is InChI=1S/C7H8N2O/c1-2-6(10)7-8-4-3-5-9-7/h3-5H,2H2,1H3. The van der Waals surface area contributed by atoms with Gasteiger partial charge in [-0.05, 0) is 6.07 Å². The van der Waals surface area contributed by atoms with Gasteiger partial charge < -0.3 is 0 Å². The molecule has 0 radical (unpaired) electrons. The lowest BCUT2D eigenvalue weighted by atomic mass is 10.3. The van der Waals surface area contributed by atoms with Crippen molar-refractivity contribution in [2.24, 2.45) is 0 Å². The van der Waals surface area contributed by atoms with Gasteiger partial charge in [-0.2, -0.15) is 0 Å². The summed E-state index contributed by atoms with van der Waals surface area (Å²) in [6.45, 7) is 1.79.